The number of nitro benzene ring substituents is 1. The van der Waals surface area contributed by atoms with Crippen LogP contribution in [0.25, 0.3) is 0 Å². The number of amides is 1. The molecule has 2 aromatic carbocycles. The van der Waals surface area contributed by atoms with Gasteiger partial charge < -0.3 is 19.5 Å². The van der Waals surface area contributed by atoms with Crippen molar-refractivity contribution < 1.29 is 28.7 Å². The van der Waals surface area contributed by atoms with Crippen molar-refractivity contribution in [1.29, 1.82) is 0 Å². The molecule has 0 saturated carbocycles. The Morgan fingerprint density at radius 1 is 1.21 bits per heavy atom. The maximum Gasteiger partial charge on any atom is 0.346 e. The molecule has 28 heavy (non-hydrogen) atoms. The lowest BCUT2D eigenvalue weighted by atomic mass is 10.1. The molecule has 0 aromatic heterocycles. The third-order valence-electron chi connectivity index (χ3n) is 3.86. The molecule has 1 aliphatic heterocycles. The summed E-state index contributed by atoms with van der Waals surface area (Å²) in [5.74, 6) is -1.32. The van der Waals surface area contributed by atoms with Crippen LogP contribution in [0.5, 0.6) is 11.5 Å². The van der Waals surface area contributed by atoms with Crippen molar-refractivity contribution in [2.24, 2.45) is 0 Å². The minimum absolute atomic E-state index is 0.166. The molecule has 0 unspecified atom stereocenters. The van der Waals surface area contributed by atoms with Crippen molar-refractivity contribution in [2.75, 3.05) is 18.5 Å². The van der Waals surface area contributed by atoms with Gasteiger partial charge in [-0.1, -0.05) is 23.7 Å². The van der Waals surface area contributed by atoms with Gasteiger partial charge in [0.15, 0.2) is 17.6 Å². The topological polar surface area (TPSA) is 117 Å². The summed E-state index contributed by atoms with van der Waals surface area (Å²) in [6.07, 6.45) is -1.23. The molecular formula is C18H15ClN2O7. The van der Waals surface area contributed by atoms with Crippen LogP contribution in [0.15, 0.2) is 36.4 Å². The fraction of sp³-hybridized carbons (Fsp3) is 0.222. The van der Waals surface area contributed by atoms with Crippen LogP contribution < -0.4 is 14.8 Å². The van der Waals surface area contributed by atoms with Gasteiger partial charge in [0.25, 0.3) is 11.6 Å². The summed E-state index contributed by atoms with van der Waals surface area (Å²) in [4.78, 5) is 35.3. The van der Waals surface area contributed by atoms with E-state index in [1.54, 1.807) is 24.3 Å². The van der Waals surface area contributed by atoms with E-state index in [9.17, 15) is 19.7 Å². The second kappa shape index (κ2) is 8.13. The molecule has 1 heterocycles. The zero-order valence-electron chi connectivity index (χ0n) is 14.6. The van der Waals surface area contributed by atoms with E-state index in [1.165, 1.54) is 13.0 Å². The number of anilines is 1. The highest BCUT2D eigenvalue weighted by Gasteiger charge is 2.29. The third-order valence-corrected chi connectivity index (χ3v) is 4.19. The number of nitrogens with one attached hydrogen (secondary N) is 1. The number of esters is 1. The normalized spacial score (nSPS) is 13.4. The Balaban J connectivity index is 1.77. The van der Waals surface area contributed by atoms with Crippen LogP contribution in [0.1, 0.15) is 17.3 Å². The van der Waals surface area contributed by atoms with Crippen LogP contribution in [-0.2, 0) is 9.53 Å². The van der Waals surface area contributed by atoms with Gasteiger partial charge in [0.1, 0.15) is 18.8 Å². The second-order valence-corrected chi connectivity index (χ2v) is 6.19. The van der Waals surface area contributed by atoms with E-state index < -0.39 is 28.6 Å². The first-order chi connectivity index (χ1) is 13.4. The summed E-state index contributed by atoms with van der Waals surface area (Å²) in [5, 5.41) is 14.2. The average Bonchev–Trinajstić information content (AvgIpc) is 2.68. The van der Waals surface area contributed by atoms with Crippen molar-refractivity contribution in [3.63, 3.8) is 0 Å². The summed E-state index contributed by atoms with van der Waals surface area (Å²) in [5.41, 5.74) is -0.498. The van der Waals surface area contributed by atoms with Crippen LogP contribution in [0.3, 0.4) is 0 Å². The number of fused-ring (bicyclic) bond motifs is 1. The summed E-state index contributed by atoms with van der Waals surface area (Å²) in [6, 6.07) is 8.82. The van der Waals surface area contributed by atoms with Gasteiger partial charge in [0.05, 0.1) is 21.7 Å². The predicted molar refractivity (Wildman–Crippen MR) is 99.0 cm³/mol. The van der Waals surface area contributed by atoms with Gasteiger partial charge in [0, 0.05) is 6.07 Å². The SMILES string of the molecule is C[C@@H](OC(=O)c1cc2c(cc1[N+](=O)[O-])OCCO2)C(=O)Nc1ccccc1Cl. The van der Waals surface area contributed by atoms with E-state index >= 15 is 0 Å². The molecule has 10 heteroatoms. The molecule has 0 spiro atoms. The number of nitrogens with zero attached hydrogens (tertiary/aromatic N) is 1. The highest BCUT2D eigenvalue weighted by Crippen LogP contribution is 2.37. The lowest BCUT2D eigenvalue weighted by molar-refractivity contribution is -0.385. The fourth-order valence-electron chi connectivity index (χ4n) is 2.47. The summed E-state index contributed by atoms with van der Waals surface area (Å²) >= 11 is 5.97. The first-order valence-electron chi connectivity index (χ1n) is 8.21. The molecule has 0 fully saturated rings. The van der Waals surface area contributed by atoms with Crippen molar-refractivity contribution in [2.45, 2.75) is 13.0 Å². The molecule has 2 aromatic rings. The largest absolute Gasteiger partial charge is 0.486 e. The zero-order valence-corrected chi connectivity index (χ0v) is 15.4. The van der Waals surface area contributed by atoms with Crippen molar-refractivity contribution in [1.82, 2.24) is 0 Å². The molecule has 1 atom stereocenters. The number of para-hydroxylation sites is 1. The Morgan fingerprint density at radius 3 is 2.50 bits per heavy atom. The number of benzene rings is 2. The maximum absolute atomic E-state index is 12.5. The Kier molecular flexibility index (Phi) is 5.65. The lowest BCUT2D eigenvalue weighted by Gasteiger charge is -2.19. The van der Waals surface area contributed by atoms with Crippen molar-refractivity contribution in [3.8, 4) is 11.5 Å². The Bertz CT molecular complexity index is 948. The van der Waals surface area contributed by atoms with E-state index in [2.05, 4.69) is 5.32 Å². The van der Waals surface area contributed by atoms with E-state index in [-0.39, 0.29) is 30.3 Å². The smallest absolute Gasteiger partial charge is 0.346 e. The summed E-state index contributed by atoms with van der Waals surface area (Å²) in [7, 11) is 0. The molecule has 9 nitrogen and oxygen atoms in total. The zero-order chi connectivity index (χ0) is 20.3. The summed E-state index contributed by atoms with van der Waals surface area (Å²) < 4.78 is 15.7. The van der Waals surface area contributed by atoms with Crippen molar-refractivity contribution >= 4 is 34.9 Å². The Labute approximate surface area is 164 Å². The molecule has 0 aliphatic carbocycles. The Hall–Kier alpha value is -3.33. The van der Waals surface area contributed by atoms with Crippen LogP contribution in [-0.4, -0.2) is 36.1 Å². The molecule has 1 N–H and O–H groups in total. The van der Waals surface area contributed by atoms with Gasteiger partial charge in [-0.3, -0.25) is 14.9 Å². The number of nitro groups is 1. The van der Waals surface area contributed by atoms with E-state index in [0.29, 0.717) is 10.7 Å². The van der Waals surface area contributed by atoms with Gasteiger partial charge >= 0.3 is 5.97 Å². The van der Waals surface area contributed by atoms with Crippen molar-refractivity contribution in [3.05, 3.63) is 57.1 Å². The van der Waals surface area contributed by atoms with Crippen LogP contribution in [0, 0.1) is 10.1 Å². The van der Waals surface area contributed by atoms with E-state index in [4.69, 9.17) is 25.8 Å². The van der Waals surface area contributed by atoms with Gasteiger partial charge in [-0.05, 0) is 19.1 Å². The second-order valence-electron chi connectivity index (χ2n) is 5.79. The number of halogens is 1. The minimum atomic E-state index is -1.23. The third kappa shape index (κ3) is 4.15. The molecule has 146 valence electrons. The van der Waals surface area contributed by atoms with Gasteiger partial charge in [0.2, 0.25) is 0 Å². The Morgan fingerprint density at radius 2 is 1.86 bits per heavy atom. The molecule has 0 radical (unpaired) electrons. The first kappa shape index (κ1) is 19.4. The standard InChI is InChI=1S/C18H15ClN2O7/c1-10(17(22)20-13-5-3-2-4-12(13)19)28-18(23)11-8-15-16(27-7-6-26-15)9-14(11)21(24)25/h2-5,8-10H,6-7H2,1H3,(H,20,22)/t10-/m1/s1. The lowest BCUT2D eigenvalue weighted by Crippen LogP contribution is -2.30. The van der Waals surface area contributed by atoms with Crippen LogP contribution >= 0.6 is 11.6 Å². The highest BCUT2D eigenvalue weighted by atomic mass is 35.5. The van der Waals surface area contributed by atoms with Crippen LogP contribution in [0.4, 0.5) is 11.4 Å². The minimum Gasteiger partial charge on any atom is -0.486 e. The first-order valence-corrected chi connectivity index (χ1v) is 8.59. The quantitative estimate of drug-likeness (QED) is 0.460. The van der Waals surface area contributed by atoms with Gasteiger partial charge in [-0.25, -0.2) is 4.79 Å². The number of carbonyl (C=O) groups excluding carboxylic acids is 2. The summed E-state index contributed by atoms with van der Waals surface area (Å²) in [6.45, 7) is 1.83. The number of hydrogen-bond acceptors (Lipinski definition) is 7. The predicted octanol–water partition coefficient (Wildman–Crippen LogP) is 3.20. The maximum atomic E-state index is 12.5. The molecule has 3 rings (SSSR count). The number of rotatable bonds is 5. The van der Waals surface area contributed by atoms with E-state index in [1.807, 2.05) is 0 Å². The molecule has 1 aliphatic rings. The number of hydrogen-bond donors (Lipinski definition) is 1. The average molecular weight is 407 g/mol. The fourth-order valence-corrected chi connectivity index (χ4v) is 2.65. The molecule has 0 saturated heterocycles. The molecule has 1 amide bonds. The van der Waals surface area contributed by atoms with E-state index in [0.717, 1.165) is 6.07 Å². The number of ether oxygens (including phenoxy) is 3. The van der Waals surface area contributed by atoms with Gasteiger partial charge in [-0.15, -0.1) is 0 Å². The molecule has 0 bridgehead atoms. The number of carbonyl (C=O) groups is 2. The molecular weight excluding hydrogens is 392 g/mol. The highest BCUT2D eigenvalue weighted by molar-refractivity contribution is 6.33. The van der Waals surface area contributed by atoms with Crippen LogP contribution in [0.2, 0.25) is 5.02 Å². The van der Waals surface area contributed by atoms with Gasteiger partial charge in [-0.2, -0.15) is 0 Å². The monoisotopic (exact) mass is 406 g/mol.